The molecule has 0 aliphatic heterocycles. The number of rotatable bonds is 6. The number of carboxylic acids is 1. The fourth-order valence-corrected chi connectivity index (χ4v) is 2.75. The van der Waals surface area contributed by atoms with Crippen molar-refractivity contribution < 1.29 is 19.2 Å². The fraction of sp³-hybridized carbons (Fsp3) is 0.0588. The first-order chi connectivity index (χ1) is 12.0. The first-order valence-electron chi connectivity index (χ1n) is 7.20. The Labute approximate surface area is 146 Å². The molecule has 0 aliphatic rings. The van der Waals surface area contributed by atoms with E-state index < -0.39 is 10.9 Å². The van der Waals surface area contributed by atoms with Crippen molar-refractivity contribution in [2.24, 2.45) is 0 Å². The largest absolute Gasteiger partial charge is 0.481 e. The molecule has 0 fully saturated rings. The number of thioether (sulfide) groups is 1. The van der Waals surface area contributed by atoms with E-state index in [4.69, 9.17) is 9.52 Å². The number of nitrogens with zero attached hydrogens (tertiary/aromatic N) is 2. The van der Waals surface area contributed by atoms with Gasteiger partial charge in [0, 0.05) is 23.3 Å². The third-order valence-corrected chi connectivity index (χ3v) is 4.13. The molecule has 126 valence electrons. The molecule has 7 nitrogen and oxygen atoms in total. The van der Waals surface area contributed by atoms with Crippen LogP contribution in [0.2, 0.25) is 0 Å². The molecular formula is C17H12N2O5S. The Morgan fingerprint density at radius 3 is 2.40 bits per heavy atom. The number of hydrogen-bond acceptors (Lipinski definition) is 6. The van der Waals surface area contributed by atoms with E-state index in [0.717, 1.165) is 17.3 Å². The number of nitro groups is 1. The second kappa shape index (κ2) is 7.18. The van der Waals surface area contributed by atoms with Gasteiger partial charge in [-0.15, -0.1) is 0 Å². The number of aromatic nitrogens is 1. The lowest BCUT2D eigenvalue weighted by Crippen LogP contribution is -1.97. The molecule has 3 rings (SSSR count). The SMILES string of the molecule is O=C(O)CSc1nc(-c2ccc([N+](=O)[O-])cc2)c(-c2ccccc2)o1. The smallest absolute Gasteiger partial charge is 0.314 e. The van der Waals surface area contributed by atoms with E-state index in [0.29, 0.717) is 17.0 Å². The average Bonchev–Trinajstić information content (AvgIpc) is 3.05. The lowest BCUT2D eigenvalue weighted by atomic mass is 10.1. The first kappa shape index (κ1) is 16.7. The van der Waals surface area contributed by atoms with Crippen LogP contribution in [-0.4, -0.2) is 26.7 Å². The average molecular weight is 356 g/mol. The number of carboxylic acid groups (broad SMARTS) is 1. The maximum Gasteiger partial charge on any atom is 0.314 e. The van der Waals surface area contributed by atoms with Crippen molar-refractivity contribution in [2.75, 3.05) is 5.75 Å². The van der Waals surface area contributed by atoms with Gasteiger partial charge in [0.1, 0.15) is 11.4 Å². The van der Waals surface area contributed by atoms with Crippen molar-refractivity contribution in [2.45, 2.75) is 5.22 Å². The highest BCUT2D eigenvalue weighted by atomic mass is 32.2. The van der Waals surface area contributed by atoms with Crippen molar-refractivity contribution in [1.29, 1.82) is 0 Å². The highest BCUT2D eigenvalue weighted by Gasteiger charge is 2.18. The fourth-order valence-electron chi connectivity index (χ4n) is 2.21. The molecule has 1 aromatic heterocycles. The number of aliphatic carboxylic acids is 1. The third-order valence-electron chi connectivity index (χ3n) is 3.31. The van der Waals surface area contributed by atoms with E-state index >= 15 is 0 Å². The van der Waals surface area contributed by atoms with Crippen molar-refractivity contribution in [1.82, 2.24) is 4.98 Å². The Morgan fingerprint density at radius 2 is 1.80 bits per heavy atom. The zero-order valence-corrected chi connectivity index (χ0v) is 13.6. The van der Waals surface area contributed by atoms with Crippen molar-refractivity contribution in [3.05, 3.63) is 64.7 Å². The summed E-state index contributed by atoms with van der Waals surface area (Å²) in [7, 11) is 0. The molecule has 0 spiro atoms. The molecule has 0 saturated heterocycles. The maximum absolute atomic E-state index is 10.8. The molecule has 2 aromatic carbocycles. The van der Waals surface area contributed by atoms with E-state index in [2.05, 4.69) is 4.98 Å². The quantitative estimate of drug-likeness (QED) is 0.402. The van der Waals surface area contributed by atoms with E-state index in [1.54, 1.807) is 12.1 Å². The summed E-state index contributed by atoms with van der Waals surface area (Å²) in [5.74, 6) is -0.655. The predicted molar refractivity (Wildman–Crippen MR) is 92.4 cm³/mol. The molecular weight excluding hydrogens is 344 g/mol. The van der Waals surface area contributed by atoms with Gasteiger partial charge in [0.25, 0.3) is 10.9 Å². The minimum Gasteiger partial charge on any atom is -0.481 e. The maximum atomic E-state index is 10.8. The van der Waals surface area contributed by atoms with Crippen LogP contribution in [-0.2, 0) is 4.79 Å². The Kier molecular flexibility index (Phi) is 4.80. The molecule has 3 aromatic rings. The molecule has 0 amide bonds. The number of oxazole rings is 1. The number of carbonyl (C=O) groups is 1. The summed E-state index contributed by atoms with van der Waals surface area (Å²) in [4.78, 5) is 25.4. The van der Waals surface area contributed by atoms with Crippen LogP contribution in [0, 0.1) is 10.1 Å². The summed E-state index contributed by atoms with van der Waals surface area (Å²) in [6.07, 6.45) is 0. The summed E-state index contributed by atoms with van der Waals surface area (Å²) >= 11 is 0.975. The van der Waals surface area contributed by atoms with Crippen molar-refractivity contribution >= 4 is 23.4 Å². The summed E-state index contributed by atoms with van der Waals surface area (Å²) < 4.78 is 5.74. The number of hydrogen-bond donors (Lipinski definition) is 1. The Morgan fingerprint density at radius 1 is 1.12 bits per heavy atom. The highest BCUT2D eigenvalue weighted by molar-refractivity contribution is 7.99. The summed E-state index contributed by atoms with van der Waals surface area (Å²) in [6.45, 7) is 0. The monoisotopic (exact) mass is 356 g/mol. The van der Waals surface area contributed by atoms with Crippen molar-refractivity contribution in [3.8, 4) is 22.6 Å². The van der Waals surface area contributed by atoms with Crippen LogP contribution < -0.4 is 0 Å². The van der Waals surface area contributed by atoms with Gasteiger partial charge in [-0.3, -0.25) is 14.9 Å². The minimum absolute atomic E-state index is 0.0195. The molecule has 0 saturated carbocycles. The third kappa shape index (κ3) is 3.86. The van der Waals surface area contributed by atoms with Gasteiger partial charge in [-0.05, 0) is 12.1 Å². The zero-order chi connectivity index (χ0) is 17.8. The van der Waals surface area contributed by atoms with E-state index in [1.807, 2.05) is 30.3 Å². The van der Waals surface area contributed by atoms with Gasteiger partial charge in [-0.2, -0.15) is 0 Å². The van der Waals surface area contributed by atoms with Crippen LogP contribution in [0.15, 0.2) is 64.2 Å². The standard InChI is InChI=1S/C17H12N2O5S/c20-14(21)10-25-17-18-15(11-6-8-13(9-7-11)19(22)23)16(24-17)12-4-2-1-3-5-12/h1-9H,10H2,(H,20,21). The zero-order valence-electron chi connectivity index (χ0n) is 12.8. The molecule has 0 unspecified atom stereocenters. The summed E-state index contributed by atoms with van der Waals surface area (Å²) in [5, 5.41) is 19.8. The normalized spacial score (nSPS) is 10.6. The molecule has 25 heavy (non-hydrogen) atoms. The van der Waals surface area contributed by atoms with Crippen LogP contribution in [0.5, 0.6) is 0 Å². The minimum atomic E-state index is -0.971. The lowest BCUT2D eigenvalue weighted by molar-refractivity contribution is -0.384. The van der Waals surface area contributed by atoms with E-state index in [-0.39, 0.29) is 16.7 Å². The van der Waals surface area contributed by atoms with Gasteiger partial charge in [0.05, 0.1) is 4.92 Å². The summed E-state index contributed by atoms with van der Waals surface area (Å²) in [5.41, 5.74) is 1.92. The second-order valence-electron chi connectivity index (χ2n) is 5.01. The molecule has 0 aliphatic carbocycles. The van der Waals surface area contributed by atoms with Gasteiger partial charge in [-0.25, -0.2) is 4.98 Å². The van der Waals surface area contributed by atoms with Crippen LogP contribution in [0.4, 0.5) is 5.69 Å². The molecule has 0 bridgehead atoms. The number of nitro benzene ring substituents is 1. The van der Waals surface area contributed by atoms with Gasteiger partial charge in [-0.1, -0.05) is 42.1 Å². The molecule has 0 radical (unpaired) electrons. The summed E-state index contributed by atoms with van der Waals surface area (Å²) in [6, 6.07) is 15.2. The van der Waals surface area contributed by atoms with Crippen LogP contribution in [0.1, 0.15) is 0 Å². The van der Waals surface area contributed by atoms with Gasteiger partial charge >= 0.3 is 5.97 Å². The Balaban J connectivity index is 2.03. The predicted octanol–water partition coefficient (Wildman–Crippen LogP) is 4.09. The molecule has 0 atom stereocenters. The number of benzene rings is 2. The van der Waals surface area contributed by atoms with Gasteiger partial charge < -0.3 is 9.52 Å². The first-order valence-corrected chi connectivity index (χ1v) is 8.19. The van der Waals surface area contributed by atoms with Crippen LogP contribution in [0.3, 0.4) is 0 Å². The molecule has 1 N–H and O–H groups in total. The number of non-ortho nitro benzene ring substituents is 1. The van der Waals surface area contributed by atoms with Crippen LogP contribution >= 0.6 is 11.8 Å². The van der Waals surface area contributed by atoms with E-state index in [9.17, 15) is 14.9 Å². The Hall–Kier alpha value is -3.13. The highest BCUT2D eigenvalue weighted by Crippen LogP contribution is 2.36. The lowest BCUT2D eigenvalue weighted by Gasteiger charge is -2.01. The molecule has 1 heterocycles. The Bertz CT molecular complexity index is 907. The van der Waals surface area contributed by atoms with Crippen molar-refractivity contribution in [3.63, 3.8) is 0 Å². The second-order valence-corrected chi connectivity index (χ2v) is 5.94. The van der Waals surface area contributed by atoms with Gasteiger partial charge in [0.2, 0.25) is 0 Å². The topological polar surface area (TPSA) is 106 Å². The van der Waals surface area contributed by atoms with E-state index in [1.165, 1.54) is 12.1 Å². The molecule has 8 heteroatoms. The van der Waals surface area contributed by atoms with Gasteiger partial charge in [0.15, 0.2) is 5.76 Å². The van der Waals surface area contributed by atoms with Crippen LogP contribution in [0.25, 0.3) is 22.6 Å².